The Bertz CT molecular complexity index is 568. The van der Waals surface area contributed by atoms with Gasteiger partial charge in [-0.1, -0.05) is 23.7 Å². The van der Waals surface area contributed by atoms with Gasteiger partial charge >= 0.3 is 0 Å². The second-order valence-electron chi connectivity index (χ2n) is 5.83. The highest BCUT2D eigenvalue weighted by Crippen LogP contribution is 2.19. The number of benzene rings is 1. The molecule has 118 valence electrons. The molecule has 0 bridgehead atoms. The van der Waals surface area contributed by atoms with Crippen LogP contribution in [-0.4, -0.2) is 54.4 Å². The molecule has 0 radical (unpaired) electrons. The molecule has 6 heteroatoms. The summed E-state index contributed by atoms with van der Waals surface area (Å²) in [4.78, 5) is 20.6. The summed E-state index contributed by atoms with van der Waals surface area (Å²) in [5.41, 5.74) is 1.10. The van der Waals surface area contributed by atoms with E-state index in [0.29, 0.717) is 25.7 Å². The van der Waals surface area contributed by atoms with Crippen molar-refractivity contribution in [1.82, 2.24) is 15.1 Å². The molecule has 1 N–H and O–H groups in total. The minimum absolute atomic E-state index is 0.139. The van der Waals surface area contributed by atoms with E-state index in [0.717, 1.165) is 23.1 Å². The lowest BCUT2D eigenvalue weighted by molar-refractivity contribution is -0.135. The van der Waals surface area contributed by atoms with E-state index in [1.807, 2.05) is 34.1 Å². The molecule has 0 unspecified atom stereocenters. The van der Waals surface area contributed by atoms with Gasteiger partial charge in [0.05, 0.1) is 6.54 Å². The van der Waals surface area contributed by atoms with Crippen LogP contribution in [0, 0.1) is 0 Å². The van der Waals surface area contributed by atoms with Crippen molar-refractivity contribution < 1.29 is 4.79 Å². The van der Waals surface area contributed by atoms with Crippen LogP contribution in [0.4, 0.5) is 0 Å². The molecule has 2 aliphatic rings. The molecule has 22 heavy (non-hydrogen) atoms. The van der Waals surface area contributed by atoms with E-state index in [-0.39, 0.29) is 5.91 Å². The predicted octanol–water partition coefficient (Wildman–Crippen LogP) is 1.72. The first-order valence-corrected chi connectivity index (χ1v) is 8.04. The van der Waals surface area contributed by atoms with Crippen LogP contribution in [0.25, 0.3) is 0 Å². The zero-order valence-electron chi connectivity index (χ0n) is 12.8. The van der Waals surface area contributed by atoms with Crippen LogP contribution in [0.3, 0.4) is 0 Å². The predicted molar refractivity (Wildman–Crippen MR) is 88.0 cm³/mol. The lowest BCUT2D eigenvalue weighted by atomic mass is 10.2. The summed E-state index contributed by atoms with van der Waals surface area (Å²) in [5.74, 6) is 0.988. The number of carbonyl (C=O) groups excluding carboxylic acids is 1. The number of guanidine groups is 1. The van der Waals surface area contributed by atoms with Crippen molar-refractivity contribution in [3.63, 3.8) is 0 Å². The lowest BCUT2D eigenvalue weighted by Gasteiger charge is -2.36. The van der Waals surface area contributed by atoms with Gasteiger partial charge in [-0.2, -0.15) is 0 Å². The average Bonchev–Trinajstić information content (AvgIpc) is 3.33. The van der Waals surface area contributed by atoms with E-state index in [1.54, 1.807) is 7.05 Å². The van der Waals surface area contributed by atoms with Crippen molar-refractivity contribution in [2.45, 2.75) is 25.4 Å². The fraction of sp³-hybridized carbons (Fsp3) is 0.500. The molecule has 1 heterocycles. The highest BCUT2D eigenvalue weighted by atomic mass is 35.5. The first-order valence-electron chi connectivity index (χ1n) is 7.66. The first-order chi connectivity index (χ1) is 10.7. The number of hydrogen-bond donors (Lipinski definition) is 1. The Morgan fingerprint density at radius 3 is 2.64 bits per heavy atom. The molecular formula is C16H21ClN4O. The van der Waals surface area contributed by atoms with E-state index in [2.05, 4.69) is 10.3 Å². The number of hydrogen-bond acceptors (Lipinski definition) is 2. The molecule has 2 fully saturated rings. The molecule has 0 aromatic heterocycles. The maximum Gasteiger partial charge on any atom is 0.242 e. The summed E-state index contributed by atoms with van der Waals surface area (Å²) >= 11 is 5.89. The van der Waals surface area contributed by atoms with Crippen LogP contribution in [0.15, 0.2) is 29.3 Å². The molecule has 0 atom stereocenters. The van der Waals surface area contributed by atoms with Gasteiger partial charge in [0, 0.05) is 37.7 Å². The Balaban J connectivity index is 1.57. The van der Waals surface area contributed by atoms with Gasteiger partial charge in [-0.15, -0.1) is 0 Å². The van der Waals surface area contributed by atoms with Crippen LogP contribution < -0.4 is 5.32 Å². The third-order valence-electron chi connectivity index (χ3n) is 4.03. The van der Waals surface area contributed by atoms with Crippen LogP contribution in [-0.2, 0) is 11.3 Å². The molecule has 1 saturated heterocycles. The fourth-order valence-corrected chi connectivity index (χ4v) is 2.70. The maximum atomic E-state index is 12.4. The van der Waals surface area contributed by atoms with Crippen molar-refractivity contribution in [3.05, 3.63) is 34.9 Å². The number of nitrogens with one attached hydrogen (secondary N) is 1. The van der Waals surface area contributed by atoms with Crippen LogP contribution in [0.2, 0.25) is 5.02 Å². The Morgan fingerprint density at radius 2 is 2.05 bits per heavy atom. The van der Waals surface area contributed by atoms with Gasteiger partial charge in [-0.25, -0.2) is 0 Å². The zero-order chi connectivity index (χ0) is 15.5. The molecule has 1 saturated carbocycles. The second-order valence-corrected chi connectivity index (χ2v) is 6.27. The molecule has 1 aromatic rings. The maximum absolute atomic E-state index is 12.4. The zero-order valence-corrected chi connectivity index (χ0v) is 13.5. The molecule has 1 aromatic carbocycles. The van der Waals surface area contributed by atoms with E-state index >= 15 is 0 Å². The van der Waals surface area contributed by atoms with E-state index in [4.69, 9.17) is 11.6 Å². The molecular weight excluding hydrogens is 300 g/mol. The number of amides is 1. The van der Waals surface area contributed by atoms with Crippen LogP contribution >= 0.6 is 11.6 Å². The number of aliphatic imine (C=N–C) groups is 1. The summed E-state index contributed by atoms with van der Waals surface area (Å²) in [6.45, 7) is 2.55. The van der Waals surface area contributed by atoms with Gasteiger partial charge in [-0.05, 0) is 30.5 Å². The monoisotopic (exact) mass is 320 g/mol. The van der Waals surface area contributed by atoms with Gasteiger partial charge in [-0.3, -0.25) is 9.79 Å². The molecule has 1 aliphatic carbocycles. The summed E-state index contributed by atoms with van der Waals surface area (Å²) in [6.07, 6.45) is 2.40. The second kappa shape index (κ2) is 6.57. The Kier molecular flexibility index (Phi) is 4.52. The van der Waals surface area contributed by atoms with Gasteiger partial charge in [0.2, 0.25) is 5.91 Å². The van der Waals surface area contributed by atoms with Crippen molar-refractivity contribution in [3.8, 4) is 0 Å². The smallest absolute Gasteiger partial charge is 0.242 e. The quantitative estimate of drug-likeness (QED) is 0.681. The van der Waals surface area contributed by atoms with E-state index in [9.17, 15) is 4.79 Å². The summed E-state index contributed by atoms with van der Waals surface area (Å²) in [6, 6.07) is 8.20. The van der Waals surface area contributed by atoms with E-state index in [1.165, 1.54) is 12.8 Å². The lowest BCUT2D eigenvalue weighted by Crippen LogP contribution is -2.55. The van der Waals surface area contributed by atoms with Crippen molar-refractivity contribution >= 4 is 23.5 Å². The standard InChI is InChI=1S/C16H21ClN4O/c1-18-16(19-14-6-7-14)21-9-8-20(15(22)11-21)10-12-2-4-13(17)5-3-12/h2-5,14H,6-11H2,1H3,(H,18,19). The fourth-order valence-electron chi connectivity index (χ4n) is 2.57. The van der Waals surface area contributed by atoms with Gasteiger partial charge in [0.25, 0.3) is 0 Å². The number of carbonyl (C=O) groups is 1. The normalized spacial score (nSPS) is 19.5. The van der Waals surface area contributed by atoms with Crippen molar-refractivity contribution in [1.29, 1.82) is 0 Å². The SMILES string of the molecule is CN=C(NC1CC1)N1CCN(Cc2ccc(Cl)cc2)C(=O)C1. The molecule has 5 nitrogen and oxygen atoms in total. The Labute approximate surface area is 135 Å². The minimum Gasteiger partial charge on any atom is -0.354 e. The molecule has 3 rings (SSSR count). The highest BCUT2D eigenvalue weighted by molar-refractivity contribution is 6.30. The van der Waals surface area contributed by atoms with Crippen LogP contribution in [0.1, 0.15) is 18.4 Å². The first kappa shape index (κ1) is 15.2. The summed E-state index contributed by atoms with van der Waals surface area (Å²) in [7, 11) is 1.77. The number of piperazine rings is 1. The topological polar surface area (TPSA) is 47.9 Å². The number of rotatable bonds is 3. The largest absolute Gasteiger partial charge is 0.354 e. The minimum atomic E-state index is 0.139. The summed E-state index contributed by atoms with van der Waals surface area (Å²) in [5, 5.41) is 4.11. The molecule has 1 amide bonds. The number of halogens is 1. The highest BCUT2D eigenvalue weighted by Gasteiger charge is 2.29. The van der Waals surface area contributed by atoms with Crippen molar-refractivity contribution in [2.24, 2.45) is 4.99 Å². The van der Waals surface area contributed by atoms with E-state index < -0.39 is 0 Å². The summed E-state index contributed by atoms with van der Waals surface area (Å²) < 4.78 is 0. The van der Waals surface area contributed by atoms with Gasteiger partial charge < -0.3 is 15.1 Å². The number of nitrogens with zero attached hydrogens (tertiary/aromatic N) is 3. The van der Waals surface area contributed by atoms with Gasteiger partial charge in [0.1, 0.15) is 0 Å². The Hall–Kier alpha value is -1.75. The molecule has 1 aliphatic heterocycles. The average molecular weight is 321 g/mol. The van der Waals surface area contributed by atoms with Crippen LogP contribution in [0.5, 0.6) is 0 Å². The van der Waals surface area contributed by atoms with Gasteiger partial charge in [0.15, 0.2) is 5.96 Å². The third-order valence-corrected chi connectivity index (χ3v) is 4.28. The third kappa shape index (κ3) is 3.71. The van der Waals surface area contributed by atoms with Crippen molar-refractivity contribution in [2.75, 3.05) is 26.7 Å². The molecule has 0 spiro atoms. The Morgan fingerprint density at radius 1 is 1.32 bits per heavy atom.